The number of hydrogen-bond acceptors (Lipinski definition) is 4. The molecule has 0 aliphatic rings. The van der Waals surface area contributed by atoms with Crippen LogP contribution in [0.4, 0.5) is 5.69 Å². The number of nitro benzene ring substituents is 1. The molecule has 0 unspecified atom stereocenters. The van der Waals surface area contributed by atoms with Crippen molar-refractivity contribution in [3.05, 3.63) is 98.1 Å². The highest BCUT2D eigenvalue weighted by atomic mass is 35.5. The van der Waals surface area contributed by atoms with Gasteiger partial charge in [-0.15, -0.1) is 0 Å². The molecule has 0 spiro atoms. The summed E-state index contributed by atoms with van der Waals surface area (Å²) in [6, 6.07) is 18.6. The standard InChI is InChI=1S/C22H14Cl2N4O3/c23-17-8-4-7-14(20(17)24)12-25-27-22(29)21-19(13-5-2-1-3-6-13)16-11-15(28(30)31)9-10-18(16)26-21/h1-12,26H,(H,27,29)/b25-12+. The molecular formula is C22H14Cl2N4O3. The van der Waals surface area contributed by atoms with Crippen LogP contribution >= 0.6 is 23.2 Å². The van der Waals surface area contributed by atoms with E-state index in [4.69, 9.17) is 23.2 Å². The number of carbonyl (C=O) groups is 1. The summed E-state index contributed by atoms with van der Waals surface area (Å²) in [6.45, 7) is 0. The summed E-state index contributed by atoms with van der Waals surface area (Å²) in [5.41, 5.74) is 5.06. The van der Waals surface area contributed by atoms with Crippen molar-refractivity contribution in [2.45, 2.75) is 0 Å². The van der Waals surface area contributed by atoms with E-state index in [1.165, 1.54) is 18.3 Å². The summed E-state index contributed by atoms with van der Waals surface area (Å²) in [6.07, 6.45) is 1.39. The van der Waals surface area contributed by atoms with Gasteiger partial charge >= 0.3 is 0 Å². The van der Waals surface area contributed by atoms with E-state index in [-0.39, 0.29) is 11.4 Å². The molecule has 9 heteroatoms. The molecule has 7 nitrogen and oxygen atoms in total. The molecule has 0 radical (unpaired) electrons. The van der Waals surface area contributed by atoms with Gasteiger partial charge in [0.15, 0.2) is 0 Å². The first-order valence-electron chi connectivity index (χ1n) is 9.08. The fraction of sp³-hybridized carbons (Fsp3) is 0. The number of nitro groups is 1. The SMILES string of the molecule is O=C(N/N=C/c1cccc(Cl)c1Cl)c1[nH]c2ccc([N+](=O)[O-])cc2c1-c1ccccc1. The quantitative estimate of drug-likeness (QED) is 0.226. The van der Waals surface area contributed by atoms with Crippen molar-refractivity contribution in [2.75, 3.05) is 0 Å². The Morgan fingerprint density at radius 2 is 1.84 bits per heavy atom. The molecule has 1 amide bonds. The smallest absolute Gasteiger partial charge is 0.288 e. The third-order valence-corrected chi connectivity index (χ3v) is 5.47. The van der Waals surface area contributed by atoms with Crippen LogP contribution in [0.15, 0.2) is 71.8 Å². The van der Waals surface area contributed by atoms with Gasteiger partial charge in [-0.1, -0.05) is 65.7 Å². The highest BCUT2D eigenvalue weighted by Crippen LogP contribution is 2.34. The number of amides is 1. The summed E-state index contributed by atoms with van der Waals surface area (Å²) < 4.78 is 0. The molecule has 1 heterocycles. The van der Waals surface area contributed by atoms with E-state index < -0.39 is 10.8 Å². The van der Waals surface area contributed by atoms with Crippen LogP contribution in [0, 0.1) is 10.1 Å². The zero-order valence-corrected chi connectivity index (χ0v) is 17.3. The van der Waals surface area contributed by atoms with Crippen LogP contribution < -0.4 is 5.43 Å². The first-order valence-corrected chi connectivity index (χ1v) is 9.84. The van der Waals surface area contributed by atoms with E-state index in [2.05, 4.69) is 15.5 Å². The third-order valence-electron chi connectivity index (χ3n) is 4.63. The van der Waals surface area contributed by atoms with Crippen LogP contribution in [0.25, 0.3) is 22.0 Å². The van der Waals surface area contributed by atoms with Crippen LogP contribution in [0.1, 0.15) is 16.1 Å². The number of fused-ring (bicyclic) bond motifs is 1. The van der Waals surface area contributed by atoms with Gasteiger partial charge in [-0.2, -0.15) is 5.10 Å². The average Bonchev–Trinajstić information content (AvgIpc) is 3.16. The van der Waals surface area contributed by atoms with Gasteiger partial charge in [0.1, 0.15) is 5.69 Å². The van der Waals surface area contributed by atoms with Crippen LogP contribution in [0.2, 0.25) is 10.0 Å². The van der Waals surface area contributed by atoms with E-state index in [1.54, 1.807) is 24.3 Å². The molecule has 0 bridgehead atoms. The molecule has 0 fully saturated rings. The summed E-state index contributed by atoms with van der Waals surface area (Å²) >= 11 is 12.1. The van der Waals surface area contributed by atoms with Crippen molar-refractivity contribution in [3.8, 4) is 11.1 Å². The Hall–Kier alpha value is -3.68. The van der Waals surface area contributed by atoms with E-state index in [9.17, 15) is 14.9 Å². The summed E-state index contributed by atoms with van der Waals surface area (Å²) in [7, 11) is 0. The van der Waals surface area contributed by atoms with Crippen molar-refractivity contribution in [1.82, 2.24) is 10.4 Å². The highest BCUT2D eigenvalue weighted by Gasteiger charge is 2.21. The highest BCUT2D eigenvalue weighted by molar-refractivity contribution is 6.43. The number of aromatic nitrogens is 1. The number of benzene rings is 3. The average molecular weight is 453 g/mol. The zero-order valence-electron chi connectivity index (χ0n) is 15.8. The van der Waals surface area contributed by atoms with Crippen molar-refractivity contribution in [1.29, 1.82) is 0 Å². The molecule has 154 valence electrons. The molecule has 4 rings (SSSR count). The molecule has 0 aliphatic carbocycles. The van der Waals surface area contributed by atoms with E-state index >= 15 is 0 Å². The Bertz CT molecular complexity index is 1330. The van der Waals surface area contributed by atoms with Crippen molar-refractivity contribution in [3.63, 3.8) is 0 Å². The summed E-state index contributed by atoms with van der Waals surface area (Å²) in [5.74, 6) is -0.507. The number of nitrogens with zero attached hydrogens (tertiary/aromatic N) is 2. The third kappa shape index (κ3) is 4.14. The maximum absolute atomic E-state index is 12.9. The molecule has 2 N–H and O–H groups in total. The predicted octanol–water partition coefficient (Wildman–Crippen LogP) is 5.81. The number of halogens is 2. The van der Waals surface area contributed by atoms with Gasteiger partial charge in [-0.05, 0) is 17.7 Å². The number of non-ortho nitro benzene ring substituents is 1. The molecule has 4 aromatic rings. The number of nitrogens with one attached hydrogen (secondary N) is 2. The van der Waals surface area contributed by atoms with E-state index in [0.717, 1.165) is 5.56 Å². The molecule has 3 aromatic carbocycles. The van der Waals surface area contributed by atoms with E-state index in [0.29, 0.717) is 32.1 Å². The first kappa shape index (κ1) is 20.6. The van der Waals surface area contributed by atoms with Gasteiger partial charge in [0.05, 0.1) is 21.2 Å². The Morgan fingerprint density at radius 1 is 1.06 bits per heavy atom. The number of rotatable bonds is 5. The van der Waals surface area contributed by atoms with Crippen LogP contribution in [0.5, 0.6) is 0 Å². The predicted molar refractivity (Wildman–Crippen MR) is 122 cm³/mol. The fourth-order valence-corrected chi connectivity index (χ4v) is 3.56. The van der Waals surface area contributed by atoms with Crippen molar-refractivity contribution in [2.24, 2.45) is 5.10 Å². The minimum atomic E-state index is -0.507. The van der Waals surface area contributed by atoms with Crippen molar-refractivity contribution >= 4 is 51.9 Å². The largest absolute Gasteiger partial charge is 0.350 e. The fourth-order valence-electron chi connectivity index (χ4n) is 3.20. The number of carbonyl (C=O) groups excluding carboxylic acids is 1. The second-order valence-electron chi connectivity index (χ2n) is 6.57. The zero-order chi connectivity index (χ0) is 22.0. The van der Waals surface area contributed by atoms with E-state index in [1.807, 2.05) is 30.3 Å². The molecule has 31 heavy (non-hydrogen) atoms. The van der Waals surface area contributed by atoms with Crippen molar-refractivity contribution < 1.29 is 9.72 Å². The van der Waals surface area contributed by atoms with Gasteiger partial charge in [-0.25, -0.2) is 5.43 Å². The Morgan fingerprint density at radius 3 is 2.58 bits per heavy atom. The number of H-pyrrole nitrogens is 1. The Kier molecular flexibility index (Phi) is 5.70. The second kappa shape index (κ2) is 8.59. The minimum absolute atomic E-state index is 0.0655. The topological polar surface area (TPSA) is 100 Å². The van der Waals surface area contributed by atoms with Crippen LogP contribution in [-0.2, 0) is 0 Å². The number of aromatic amines is 1. The number of hydrazone groups is 1. The Labute approximate surface area is 186 Å². The lowest BCUT2D eigenvalue weighted by molar-refractivity contribution is -0.384. The molecule has 1 aromatic heterocycles. The normalized spacial score (nSPS) is 11.2. The Balaban J connectivity index is 1.74. The molecular weight excluding hydrogens is 439 g/mol. The first-order chi connectivity index (χ1) is 15.0. The minimum Gasteiger partial charge on any atom is -0.350 e. The molecule has 0 aliphatic heterocycles. The lowest BCUT2D eigenvalue weighted by Gasteiger charge is -2.05. The summed E-state index contributed by atoms with van der Waals surface area (Å²) in [4.78, 5) is 26.7. The molecule has 0 saturated carbocycles. The van der Waals surface area contributed by atoms with Gasteiger partial charge in [0, 0.05) is 34.2 Å². The van der Waals surface area contributed by atoms with Gasteiger partial charge in [0.25, 0.3) is 11.6 Å². The van der Waals surface area contributed by atoms with Crippen LogP contribution in [-0.4, -0.2) is 22.0 Å². The maximum Gasteiger partial charge on any atom is 0.288 e. The maximum atomic E-state index is 12.9. The lowest BCUT2D eigenvalue weighted by Crippen LogP contribution is -2.18. The lowest BCUT2D eigenvalue weighted by atomic mass is 10.0. The number of hydrogen-bond donors (Lipinski definition) is 2. The second-order valence-corrected chi connectivity index (χ2v) is 7.36. The van der Waals surface area contributed by atoms with Gasteiger partial charge < -0.3 is 4.98 Å². The molecule has 0 atom stereocenters. The van der Waals surface area contributed by atoms with Crippen LogP contribution in [0.3, 0.4) is 0 Å². The summed E-state index contributed by atoms with van der Waals surface area (Å²) in [5, 5.41) is 16.5. The monoisotopic (exact) mass is 452 g/mol. The van der Waals surface area contributed by atoms with Gasteiger partial charge in [-0.3, -0.25) is 14.9 Å². The van der Waals surface area contributed by atoms with Gasteiger partial charge in [0.2, 0.25) is 0 Å². The molecule has 0 saturated heterocycles.